The minimum Gasteiger partial charge on any atom is -0.396 e. The molecule has 0 atom stereocenters. The molecule has 0 saturated carbocycles. The van der Waals surface area contributed by atoms with E-state index in [1.165, 1.54) is 6.07 Å². The Hall–Kier alpha value is -1.49. The number of rotatable bonds is 3. The molecule has 0 aliphatic carbocycles. The zero-order valence-electron chi connectivity index (χ0n) is 9.96. The van der Waals surface area contributed by atoms with E-state index >= 15 is 0 Å². The van der Waals surface area contributed by atoms with Crippen LogP contribution < -0.4 is 0 Å². The van der Waals surface area contributed by atoms with Gasteiger partial charge in [-0.2, -0.15) is 13.2 Å². The van der Waals surface area contributed by atoms with Crippen LogP contribution in [0.4, 0.5) is 13.2 Å². The van der Waals surface area contributed by atoms with Crippen LogP contribution in [-0.4, -0.2) is 16.3 Å². The van der Waals surface area contributed by atoms with Gasteiger partial charge in [-0.1, -0.05) is 12.1 Å². The molecule has 1 heterocycles. The SMILES string of the molecule is CCn1c(CCO)cc2cccc(C(F)(F)F)c21. The number of aliphatic hydroxyl groups excluding tert-OH is 1. The molecular weight excluding hydrogens is 243 g/mol. The van der Waals surface area contributed by atoms with Crippen molar-refractivity contribution in [1.82, 2.24) is 4.57 Å². The van der Waals surface area contributed by atoms with E-state index in [-0.39, 0.29) is 12.1 Å². The van der Waals surface area contributed by atoms with Gasteiger partial charge in [-0.25, -0.2) is 0 Å². The molecule has 2 aromatic rings. The first-order valence-corrected chi connectivity index (χ1v) is 5.78. The van der Waals surface area contributed by atoms with Gasteiger partial charge in [0, 0.05) is 30.7 Å². The second kappa shape index (κ2) is 4.65. The maximum absolute atomic E-state index is 13.0. The van der Waals surface area contributed by atoms with Crippen molar-refractivity contribution in [1.29, 1.82) is 0 Å². The largest absolute Gasteiger partial charge is 0.418 e. The summed E-state index contributed by atoms with van der Waals surface area (Å²) in [5.74, 6) is 0. The number of fused-ring (bicyclic) bond motifs is 1. The van der Waals surface area contributed by atoms with Gasteiger partial charge in [-0.3, -0.25) is 0 Å². The third-order valence-corrected chi connectivity index (χ3v) is 3.00. The number of aliphatic hydroxyl groups is 1. The van der Waals surface area contributed by atoms with Crippen molar-refractivity contribution in [3.05, 3.63) is 35.5 Å². The summed E-state index contributed by atoms with van der Waals surface area (Å²) in [6, 6.07) is 5.88. The highest BCUT2D eigenvalue weighted by Crippen LogP contribution is 2.36. The fourth-order valence-corrected chi connectivity index (χ4v) is 2.29. The van der Waals surface area contributed by atoms with E-state index in [2.05, 4.69) is 0 Å². The topological polar surface area (TPSA) is 25.2 Å². The van der Waals surface area contributed by atoms with Gasteiger partial charge in [-0.15, -0.1) is 0 Å². The Bertz CT molecular complexity index is 557. The average Bonchev–Trinajstić information content (AvgIpc) is 2.65. The molecule has 0 radical (unpaired) electrons. The molecule has 0 aliphatic heterocycles. The van der Waals surface area contributed by atoms with Gasteiger partial charge in [0.25, 0.3) is 0 Å². The van der Waals surface area contributed by atoms with Gasteiger partial charge in [0.05, 0.1) is 11.1 Å². The molecule has 0 bridgehead atoms. The number of aromatic nitrogens is 1. The number of nitrogens with zero attached hydrogens (tertiary/aromatic N) is 1. The minimum atomic E-state index is -4.36. The van der Waals surface area contributed by atoms with Crippen molar-refractivity contribution in [2.24, 2.45) is 0 Å². The third kappa shape index (κ3) is 2.10. The summed E-state index contributed by atoms with van der Waals surface area (Å²) in [4.78, 5) is 0. The first kappa shape index (κ1) is 13.0. The van der Waals surface area contributed by atoms with E-state index in [0.29, 0.717) is 18.4 Å². The standard InChI is InChI=1S/C13H14F3NO/c1-2-17-10(6-7-18)8-9-4-3-5-11(12(9)17)13(14,15)16/h3-5,8,18H,2,6-7H2,1H3. The Labute approximate surface area is 103 Å². The summed E-state index contributed by atoms with van der Waals surface area (Å²) in [7, 11) is 0. The summed E-state index contributed by atoms with van der Waals surface area (Å²) >= 11 is 0. The first-order valence-electron chi connectivity index (χ1n) is 5.78. The number of alkyl halides is 3. The second-order valence-corrected chi connectivity index (χ2v) is 4.09. The monoisotopic (exact) mass is 257 g/mol. The average molecular weight is 257 g/mol. The van der Waals surface area contributed by atoms with Gasteiger partial charge in [-0.05, 0) is 19.1 Å². The predicted molar refractivity (Wildman–Crippen MR) is 63.4 cm³/mol. The van der Waals surface area contributed by atoms with E-state index < -0.39 is 11.7 Å². The van der Waals surface area contributed by atoms with Crippen molar-refractivity contribution in [3.8, 4) is 0 Å². The highest BCUT2D eigenvalue weighted by atomic mass is 19.4. The molecule has 1 aromatic heterocycles. The number of hydrogen-bond acceptors (Lipinski definition) is 1. The lowest BCUT2D eigenvalue weighted by Gasteiger charge is -2.12. The first-order chi connectivity index (χ1) is 8.49. The lowest BCUT2D eigenvalue weighted by molar-refractivity contribution is -0.136. The molecule has 1 aromatic carbocycles. The molecule has 0 saturated heterocycles. The second-order valence-electron chi connectivity index (χ2n) is 4.09. The van der Waals surface area contributed by atoms with Crippen LogP contribution in [0.2, 0.25) is 0 Å². The lowest BCUT2D eigenvalue weighted by Crippen LogP contribution is -2.10. The van der Waals surface area contributed by atoms with Crippen LogP contribution in [-0.2, 0) is 19.1 Å². The Kier molecular flexibility index (Phi) is 3.34. The van der Waals surface area contributed by atoms with Crippen molar-refractivity contribution in [2.75, 3.05) is 6.61 Å². The van der Waals surface area contributed by atoms with E-state index in [1.54, 1.807) is 23.6 Å². The number of halogens is 3. The number of benzene rings is 1. The lowest BCUT2D eigenvalue weighted by atomic mass is 10.1. The third-order valence-electron chi connectivity index (χ3n) is 3.00. The van der Waals surface area contributed by atoms with Crippen LogP contribution in [0, 0.1) is 0 Å². The zero-order valence-corrected chi connectivity index (χ0v) is 9.96. The molecule has 98 valence electrons. The van der Waals surface area contributed by atoms with Gasteiger partial charge in [0.15, 0.2) is 0 Å². The van der Waals surface area contributed by atoms with E-state index in [4.69, 9.17) is 5.11 Å². The molecule has 0 fully saturated rings. The Morgan fingerprint density at radius 3 is 2.56 bits per heavy atom. The fourth-order valence-electron chi connectivity index (χ4n) is 2.29. The summed E-state index contributed by atoms with van der Waals surface area (Å²) in [6.45, 7) is 2.18. The maximum Gasteiger partial charge on any atom is 0.418 e. The van der Waals surface area contributed by atoms with Crippen LogP contribution in [0.1, 0.15) is 18.2 Å². The molecule has 2 nitrogen and oxygen atoms in total. The van der Waals surface area contributed by atoms with Crippen LogP contribution in [0.3, 0.4) is 0 Å². The van der Waals surface area contributed by atoms with Crippen molar-refractivity contribution >= 4 is 10.9 Å². The normalized spacial score (nSPS) is 12.3. The summed E-state index contributed by atoms with van der Waals surface area (Å²) in [5.41, 5.74) is 0.314. The highest BCUT2D eigenvalue weighted by Gasteiger charge is 2.33. The smallest absolute Gasteiger partial charge is 0.396 e. The van der Waals surface area contributed by atoms with Gasteiger partial charge in [0.2, 0.25) is 0 Å². The molecule has 0 spiro atoms. The van der Waals surface area contributed by atoms with Gasteiger partial charge in [0.1, 0.15) is 0 Å². The quantitative estimate of drug-likeness (QED) is 0.897. The number of para-hydroxylation sites is 1. The number of hydrogen-bond donors (Lipinski definition) is 1. The summed E-state index contributed by atoms with van der Waals surface area (Å²) < 4.78 is 40.5. The van der Waals surface area contributed by atoms with E-state index in [1.807, 2.05) is 0 Å². The van der Waals surface area contributed by atoms with Gasteiger partial charge < -0.3 is 9.67 Å². The molecule has 0 aliphatic rings. The van der Waals surface area contributed by atoms with Crippen molar-refractivity contribution < 1.29 is 18.3 Å². The molecular formula is C13H14F3NO. The molecule has 0 unspecified atom stereocenters. The fraction of sp³-hybridized carbons (Fsp3) is 0.385. The Morgan fingerprint density at radius 2 is 2.00 bits per heavy atom. The molecule has 5 heteroatoms. The predicted octanol–water partition coefficient (Wildman–Crippen LogP) is 3.21. The minimum absolute atomic E-state index is 0.0718. The maximum atomic E-state index is 13.0. The number of aryl methyl sites for hydroxylation is 1. The van der Waals surface area contributed by atoms with Crippen molar-refractivity contribution in [3.63, 3.8) is 0 Å². The molecule has 2 rings (SSSR count). The highest BCUT2D eigenvalue weighted by molar-refractivity contribution is 5.85. The molecule has 1 N–H and O–H groups in total. The van der Waals surface area contributed by atoms with E-state index in [9.17, 15) is 13.2 Å². The van der Waals surface area contributed by atoms with Crippen LogP contribution in [0.15, 0.2) is 24.3 Å². The summed E-state index contributed by atoms with van der Waals surface area (Å²) in [5, 5.41) is 9.52. The van der Waals surface area contributed by atoms with Crippen LogP contribution in [0.25, 0.3) is 10.9 Å². The molecule has 18 heavy (non-hydrogen) atoms. The molecule has 0 amide bonds. The van der Waals surface area contributed by atoms with Gasteiger partial charge >= 0.3 is 6.18 Å². The van der Waals surface area contributed by atoms with E-state index in [0.717, 1.165) is 11.8 Å². The Morgan fingerprint density at radius 1 is 1.28 bits per heavy atom. The van der Waals surface area contributed by atoms with Crippen LogP contribution in [0.5, 0.6) is 0 Å². The Balaban J connectivity index is 2.74. The van der Waals surface area contributed by atoms with Crippen LogP contribution >= 0.6 is 0 Å². The summed E-state index contributed by atoms with van der Waals surface area (Å²) in [6.07, 6.45) is -4.00. The zero-order chi connectivity index (χ0) is 13.3. The van der Waals surface area contributed by atoms with Crippen molar-refractivity contribution in [2.45, 2.75) is 26.1 Å².